The summed E-state index contributed by atoms with van der Waals surface area (Å²) in [7, 11) is 1.72. The average Bonchev–Trinajstić information content (AvgIpc) is 2.41. The van der Waals surface area contributed by atoms with Crippen LogP contribution in [0.3, 0.4) is 0 Å². The third-order valence-corrected chi connectivity index (χ3v) is 4.79. The maximum atomic E-state index is 5.20. The largest absolute Gasteiger partial charge is 0.497 e. The minimum absolute atomic E-state index is 0.678. The smallest absolute Gasteiger partial charge is 0.118 e. The highest BCUT2D eigenvalue weighted by Crippen LogP contribution is 2.37. The molecule has 1 fully saturated rings. The van der Waals surface area contributed by atoms with Crippen LogP contribution in [-0.4, -0.2) is 31.2 Å². The normalized spacial score (nSPS) is 23.7. The van der Waals surface area contributed by atoms with E-state index in [0.29, 0.717) is 12.1 Å². The van der Waals surface area contributed by atoms with Crippen molar-refractivity contribution >= 4 is 11.8 Å². The van der Waals surface area contributed by atoms with Crippen LogP contribution in [0.1, 0.15) is 37.7 Å². The molecule has 106 valence electrons. The molecule has 0 radical (unpaired) electrons. The number of methoxy groups -OCH3 is 1. The van der Waals surface area contributed by atoms with Gasteiger partial charge in [0.05, 0.1) is 7.11 Å². The minimum atomic E-state index is 0.678. The first kappa shape index (κ1) is 14.7. The molecule has 1 saturated carbocycles. The Morgan fingerprint density at radius 1 is 1.32 bits per heavy atom. The molecular formula is C16H25NOS. The van der Waals surface area contributed by atoms with E-state index in [1.807, 2.05) is 11.8 Å². The molecular weight excluding hydrogens is 254 g/mol. The Bertz CT molecular complexity index is 373. The van der Waals surface area contributed by atoms with Crippen molar-refractivity contribution in [3.63, 3.8) is 0 Å². The summed E-state index contributed by atoms with van der Waals surface area (Å²) in [6.07, 6.45) is 5.96. The molecule has 1 unspecified atom stereocenters. The van der Waals surface area contributed by atoms with Gasteiger partial charge in [0.25, 0.3) is 0 Å². The predicted octanol–water partition coefficient (Wildman–Crippen LogP) is 3.67. The van der Waals surface area contributed by atoms with Gasteiger partial charge in [0.2, 0.25) is 0 Å². The van der Waals surface area contributed by atoms with E-state index in [1.54, 1.807) is 7.11 Å². The average molecular weight is 279 g/mol. The summed E-state index contributed by atoms with van der Waals surface area (Å²) in [4.78, 5) is 0. The van der Waals surface area contributed by atoms with Gasteiger partial charge in [-0.3, -0.25) is 0 Å². The van der Waals surface area contributed by atoms with Crippen molar-refractivity contribution in [2.24, 2.45) is 0 Å². The summed E-state index contributed by atoms with van der Waals surface area (Å²) in [5.41, 5.74) is 1.46. The maximum absolute atomic E-state index is 5.20. The number of thioether (sulfide) groups is 1. The molecule has 3 heteroatoms. The molecule has 1 atom stereocenters. The van der Waals surface area contributed by atoms with Crippen molar-refractivity contribution in [3.8, 4) is 5.75 Å². The lowest BCUT2D eigenvalue weighted by atomic mass is 9.75. The highest BCUT2D eigenvalue weighted by Gasteiger charge is 2.31. The summed E-state index contributed by atoms with van der Waals surface area (Å²) in [5, 5.41) is 3.78. The minimum Gasteiger partial charge on any atom is -0.497 e. The van der Waals surface area contributed by atoms with Gasteiger partial charge in [-0.25, -0.2) is 0 Å². The lowest BCUT2D eigenvalue weighted by molar-refractivity contribution is 0.269. The lowest BCUT2D eigenvalue weighted by Crippen LogP contribution is -2.46. The van der Waals surface area contributed by atoms with Gasteiger partial charge in [-0.1, -0.05) is 19.1 Å². The zero-order valence-corrected chi connectivity index (χ0v) is 13.0. The van der Waals surface area contributed by atoms with Crippen LogP contribution in [0.2, 0.25) is 0 Å². The molecule has 0 heterocycles. The van der Waals surface area contributed by atoms with E-state index in [4.69, 9.17) is 4.74 Å². The SMILES string of the molecule is CCC(CSC)NC1CC(c2ccc(OC)cc2)C1. The first-order chi connectivity index (χ1) is 9.26. The molecule has 0 saturated heterocycles. The van der Waals surface area contributed by atoms with Crippen LogP contribution >= 0.6 is 11.8 Å². The highest BCUT2D eigenvalue weighted by atomic mass is 32.2. The Labute approximate surface area is 121 Å². The topological polar surface area (TPSA) is 21.3 Å². The third-order valence-electron chi connectivity index (χ3n) is 4.06. The van der Waals surface area contributed by atoms with Crippen LogP contribution < -0.4 is 10.1 Å². The summed E-state index contributed by atoms with van der Waals surface area (Å²) in [5.74, 6) is 2.90. The fourth-order valence-electron chi connectivity index (χ4n) is 2.72. The Kier molecular flexibility index (Phi) is 5.59. The third kappa shape index (κ3) is 3.90. The Morgan fingerprint density at radius 3 is 2.53 bits per heavy atom. The van der Waals surface area contributed by atoms with Crippen molar-refractivity contribution in [1.82, 2.24) is 5.32 Å². The van der Waals surface area contributed by atoms with Crippen molar-refractivity contribution in [1.29, 1.82) is 0 Å². The lowest BCUT2D eigenvalue weighted by Gasteiger charge is -2.38. The molecule has 19 heavy (non-hydrogen) atoms. The molecule has 2 nitrogen and oxygen atoms in total. The molecule has 0 aromatic heterocycles. The predicted molar refractivity (Wildman–Crippen MR) is 84.4 cm³/mol. The first-order valence-corrected chi connectivity index (χ1v) is 8.55. The molecule has 0 bridgehead atoms. The zero-order valence-electron chi connectivity index (χ0n) is 12.2. The monoisotopic (exact) mass is 279 g/mol. The van der Waals surface area contributed by atoms with Crippen molar-refractivity contribution in [2.75, 3.05) is 19.1 Å². The van der Waals surface area contributed by atoms with Crippen LogP contribution in [0.5, 0.6) is 5.75 Å². The Balaban J connectivity index is 1.78. The maximum Gasteiger partial charge on any atom is 0.118 e. The zero-order chi connectivity index (χ0) is 13.7. The standard InChI is InChI=1S/C16H25NOS/c1-4-14(11-19-3)17-15-9-13(10-15)12-5-7-16(18-2)8-6-12/h5-8,13-15,17H,4,9-11H2,1-3H3. The number of nitrogens with one attached hydrogen (secondary N) is 1. The van der Waals surface area contributed by atoms with Crippen LogP contribution in [0.15, 0.2) is 24.3 Å². The van der Waals surface area contributed by atoms with Gasteiger partial charge in [0.1, 0.15) is 5.75 Å². The Morgan fingerprint density at radius 2 is 2.00 bits per heavy atom. The van der Waals surface area contributed by atoms with Crippen LogP contribution in [0.25, 0.3) is 0 Å². The summed E-state index contributed by atoms with van der Waals surface area (Å²) in [6.45, 7) is 2.27. The molecule has 0 amide bonds. The number of ether oxygens (including phenoxy) is 1. The van der Waals surface area contributed by atoms with E-state index in [1.165, 1.54) is 30.6 Å². The molecule has 2 rings (SSSR count). The molecule has 1 aromatic carbocycles. The van der Waals surface area contributed by atoms with Gasteiger partial charge >= 0.3 is 0 Å². The second kappa shape index (κ2) is 7.20. The summed E-state index contributed by atoms with van der Waals surface area (Å²) in [6, 6.07) is 9.94. The number of benzene rings is 1. The fourth-order valence-corrected chi connectivity index (χ4v) is 3.45. The van der Waals surface area contributed by atoms with E-state index in [0.717, 1.165) is 11.7 Å². The molecule has 0 spiro atoms. The number of hydrogen-bond acceptors (Lipinski definition) is 3. The van der Waals surface area contributed by atoms with E-state index >= 15 is 0 Å². The Hall–Kier alpha value is -0.670. The van der Waals surface area contributed by atoms with Gasteiger partial charge in [0.15, 0.2) is 0 Å². The van der Waals surface area contributed by atoms with Crippen LogP contribution in [0.4, 0.5) is 0 Å². The highest BCUT2D eigenvalue weighted by molar-refractivity contribution is 7.98. The molecule has 1 aliphatic rings. The van der Waals surface area contributed by atoms with Gasteiger partial charge in [-0.15, -0.1) is 0 Å². The van der Waals surface area contributed by atoms with Gasteiger partial charge in [0, 0.05) is 17.8 Å². The molecule has 1 aromatic rings. The fraction of sp³-hybridized carbons (Fsp3) is 0.625. The van der Waals surface area contributed by atoms with E-state index in [-0.39, 0.29) is 0 Å². The van der Waals surface area contributed by atoms with Gasteiger partial charge in [-0.05, 0) is 49.1 Å². The molecule has 1 N–H and O–H groups in total. The van der Waals surface area contributed by atoms with Crippen LogP contribution in [-0.2, 0) is 0 Å². The number of rotatable bonds is 7. The van der Waals surface area contributed by atoms with E-state index < -0.39 is 0 Å². The molecule has 1 aliphatic carbocycles. The van der Waals surface area contributed by atoms with Gasteiger partial charge in [-0.2, -0.15) is 11.8 Å². The second-order valence-corrected chi connectivity index (χ2v) is 6.28. The van der Waals surface area contributed by atoms with E-state index in [9.17, 15) is 0 Å². The van der Waals surface area contributed by atoms with E-state index in [2.05, 4.69) is 42.8 Å². The molecule has 0 aliphatic heterocycles. The van der Waals surface area contributed by atoms with Crippen LogP contribution in [0, 0.1) is 0 Å². The first-order valence-electron chi connectivity index (χ1n) is 7.15. The van der Waals surface area contributed by atoms with Crippen molar-refractivity contribution in [2.45, 2.75) is 44.2 Å². The summed E-state index contributed by atoms with van der Waals surface area (Å²) < 4.78 is 5.20. The van der Waals surface area contributed by atoms with Gasteiger partial charge < -0.3 is 10.1 Å². The van der Waals surface area contributed by atoms with Crippen molar-refractivity contribution < 1.29 is 4.74 Å². The number of hydrogen-bond donors (Lipinski definition) is 1. The van der Waals surface area contributed by atoms with Crippen molar-refractivity contribution in [3.05, 3.63) is 29.8 Å². The second-order valence-electron chi connectivity index (χ2n) is 5.37. The quantitative estimate of drug-likeness (QED) is 0.823. The summed E-state index contributed by atoms with van der Waals surface area (Å²) >= 11 is 1.94.